The zero-order valence-corrected chi connectivity index (χ0v) is 15.1. The van der Waals surface area contributed by atoms with E-state index in [1.807, 2.05) is 37.3 Å². The fourth-order valence-electron chi connectivity index (χ4n) is 2.87. The van der Waals surface area contributed by atoms with Crippen LogP contribution in [-0.4, -0.2) is 16.6 Å². The van der Waals surface area contributed by atoms with Gasteiger partial charge in [0, 0.05) is 11.6 Å². The summed E-state index contributed by atoms with van der Waals surface area (Å²) in [6.45, 7) is 2.55. The van der Waals surface area contributed by atoms with Crippen molar-refractivity contribution in [1.29, 1.82) is 5.26 Å². The molecule has 5 nitrogen and oxygen atoms in total. The van der Waals surface area contributed by atoms with Crippen LogP contribution in [0.5, 0.6) is 5.75 Å². The van der Waals surface area contributed by atoms with Crippen molar-refractivity contribution in [1.82, 2.24) is 9.97 Å². The molecule has 28 heavy (non-hydrogen) atoms. The van der Waals surface area contributed by atoms with Crippen molar-refractivity contribution in [3.8, 4) is 23.1 Å². The lowest BCUT2D eigenvalue weighted by atomic mass is 10.2. The summed E-state index contributed by atoms with van der Waals surface area (Å²) in [6.07, 6.45) is 1.60. The molecule has 0 atom stereocenters. The van der Waals surface area contributed by atoms with Gasteiger partial charge in [-0.15, -0.1) is 0 Å². The molecule has 0 aliphatic carbocycles. The molecule has 0 saturated carbocycles. The fourth-order valence-corrected chi connectivity index (χ4v) is 2.87. The maximum atomic E-state index is 13.4. The second kappa shape index (κ2) is 7.41. The molecular weight excluding hydrogens is 357 g/mol. The lowest BCUT2D eigenvalue weighted by Gasteiger charge is -2.03. The number of fused-ring (bicyclic) bond motifs is 1. The Labute approximate surface area is 160 Å². The smallest absolute Gasteiger partial charge is 0.149 e. The first-order valence-corrected chi connectivity index (χ1v) is 8.77. The molecule has 0 fully saturated rings. The highest BCUT2D eigenvalue weighted by atomic mass is 19.1. The minimum absolute atomic E-state index is 0.296. The Balaban J connectivity index is 1.62. The summed E-state index contributed by atoms with van der Waals surface area (Å²) in [5.41, 5.74) is 2.32. The first-order valence-electron chi connectivity index (χ1n) is 8.77. The number of allylic oxidation sites excluding steroid dienone is 1. The van der Waals surface area contributed by atoms with E-state index in [4.69, 9.17) is 9.15 Å². The number of nitrogens with zero attached hydrogens (tertiary/aromatic N) is 2. The molecular formula is C22H16FN3O2. The highest BCUT2D eigenvalue weighted by Crippen LogP contribution is 2.27. The van der Waals surface area contributed by atoms with Crippen LogP contribution in [0.4, 0.5) is 4.39 Å². The van der Waals surface area contributed by atoms with E-state index in [9.17, 15) is 9.65 Å². The van der Waals surface area contributed by atoms with Gasteiger partial charge in [-0.1, -0.05) is 0 Å². The quantitative estimate of drug-likeness (QED) is 0.474. The van der Waals surface area contributed by atoms with Gasteiger partial charge < -0.3 is 14.1 Å². The molecule has 1 N–H and O–H groups in total. The van der Waals surface area contributed by atoms with Gasteiger partial charge in [-0.2, -0.15) is 5.26 Å². The Kier molecular flexibility index (Phi) is 4.65. The van der Waals surface area contributed by atoms with Crippen molar-refractivity contribution < 1.29 is 13.5 Å². The van der Waals surface area contributed by atoms with Gasteiger partial charge in [0.2, 0.25) is 0 Å². The molecule has 0 bridgehead atoms. The van der Waals surface area contributed by atoms with Crippen molar-refractivity contribution in [3.05, 3.63) is 72.0 Å². The molecule has 4 aromatic rings. The summed E-state index contributed by atoms with van der Waals surface area (Å²) in [5.74, 6) is 2.00. The van der Waals surface area contributed by atoms with Gasteiger partial charge in [0.1, 0.15) is 35.0 Å². The van der Waals surface area contributed by atoms with Crippen molar-refractivity contribution >= 4 is 22.7 Å². The summed E-state index contributed by atoms with van der Waals surface area (Å²) in [7, 11) is 0. The van der Waals surface area contributed by atoms with Gasteiger partial charge in [-0.05, 0) is 61.5 Å². The van der Waals surface area contributed by atoms with E-state index in [2.05, 4.69) is 16.0 Å². The van der Waals surface area contributed by atoms with E-state index in [1.165, 1.54) is 12.1 Å². The molecule has 138 valence electrons. The SMILES string of the molecule is CCOc1ccc(-c2ccc(/C=C(/C#N)c3nc4ccc(F)cc4[nH]3)o2)cc1. The van der Waals surface area contributed by atoms with Crippen LogP contribution in [0, 0.1) is 17.1 Å². The van der Waals surface area contributed by atoms with Crippen molar-refractivity contribution in [2.45, 2.75) is 6.92 Å². The molecule has 0 radical (unpaired) electrons. The highest BCUT2D eigenvalue weighted by molar-refractivity contribution is 5.89. The normalized spacial score (nSPS) is 11.5. The minimum atomic E-state index is -0.365. The largest absolute Gasteiger partial charge is 0.494 e. The van der Waals surface area contributed by atoms with Gasteiger partial charge in [0.05, 0.1) is 23.2 Å². The molecule has 0 unspecified atom stereocenters. The van der Waals surface area contributed by atoms with Crippen LogP contribution < -0.4 is 4.74 Å². The average Bonchev–Trinajstić information content (AvgIpc) is 3.33. The molecule has 6 heteroatoms. The Hall–Kier alpha value is -3.85. The first-order chi connectivity index (χ1) is 13.7. The Morgan fingerprint density at radius 3 is 2.79 bits per heavy atom. The van der Waals surface area contributed by atoms with Crippen LogP contribution in [-0.2, 0) is 0 Å². The molecule has 2 aromatic heterocycles. The lowest BCUT2D eigenvalue weighted by molar-refractivity contribution is 0.340. The highest BCUT2D eigenvalue weighted by Gasteiger charge is 2.11. The molecule has 0 aliphatic heterocycles. The van der Waals surface area contributed by atoms with E-state index in [0.29, 0.717) is 40.6 Å². The molecule has 4 rings (SSSR count). The number of aromatic amines is 1. The minimum Gasteiger partial charge on any atom is -0.494 e. The van der Waals surface area contributed by atoms with Crippen LogP contribution in [0.25, 0.3) is 34.0 Å². The predicted molar refractivity (Wildman–Crippen MR) is 105 cm³/mol. The molecule has 0 amide bonds. The number of hydrogen-bond donors (Lipinski definition) is 1. The topological polar surface area (TPSA) is 74.8 Å². The summed E-state index contributed by atoms with van der Waals surface area (Å²) in [5, 5.41) is 9.52. The summed E-state index contributed by atoms with van der Waals surface area (Å²) in [6, 6.07) is 17.6. The number of nitrogens with one attached hydrogen (secondary N) is 1. The second-order valence-corrected chi connectivity index (χ2v) is 6.08. The van der Waals surface area contributed by atoms with Gasteiger partial charge >= 0.3 is 0 Å². The summed E-state index contributed by atoms with van der Waals surface area (Å²) in [4.78, 5) is 7.31. The van der Waals surface area contributed by atoms with Crippen molar-refractivity contribution in [2.24, 2.45) is 0 Å². The van der Waals surface area contributed by atoms with Crippen molar-refractivity contribution in [2.75, 3.05) is 6.61 Å². The van der Waals surface area contributed by atoms with Crippen molar-refractivity contribution in [3.63, 3.8) is 0 Å². The third-order valence-electron chi connectivity index (χ3n) is 4.18. The number of imidazole rings is 1. The van der Waals surface area contributed by atoms with Crippen LogP contribution in [0.15, 0.2) is 59.0 Å². The van der Waals surface area contributed by atoms with Crippen LogP contribution >= 0.6 is 0 Å². The van der Waals surface area contributed by atoms with E-state index in [0.717, 1.165) is 11.3 Å². The number of nitriles is 1. The van der Waals surface area contributed by atoms with Crippen LogP contribution in [0.1, 0.15) is 18.5 Å². The summed E-state index contributed by atoms with van der Waals surface area (Å²) >= 11 is 0. The van der Waals surface area contributed by atoms with Gasteiger partial charge in [0.25, 0.3) is 0 Å². The zero-order valence-electron chi connectivity index (χ0n) is 15.1. The lowest BCUT2D eigenvalue weighted by Crippen LogP contribution is -1.90. The first kappa shape index (κ1) is 17.6. The van der Waals surface area contributed by atoms with Gasteiger partial charge in [-0.25, -0.2) is 9.37 Å². The third kappa shape index (κ3) is 3.51. The maximum absolute atomic E-state index is 13.4. The molecule has 0 spiro atoms. The molecule has 2 heterocycles. The van der Waals surface area contributed by atoms with E-state index in [1.54, 1.807) is 18.2 Å². The number of benzene rings is 2. The number of furan rings is 1. The fraction of sp³-hybridized carbons (Fsp3) is 0.0909. The number of hydrogen-bond acceptors (Lipinski definition) is 4. The third-order valence-corrected chi connectivity index (χ3v) is 4.18. The monoisotopic (exact) mass is 373 g/mol. The number of halogens is 1. The average molecular weight is 373 g/mol. The number of rotatable bonds is 5. The van der Waals surface area contributed by atoms with Gasteiger partial charge in [0.15, 0.2) is 0 Å². The number of H-pyrrole nitrogens is 1. The number of aromatic nitrogens is 2. The molecule has 0 aliphatic rings. The molecule has 0 saturated heterocycles. The Morgan fingerprint density at radius 1 is 1.21 bits per heavy atom. The Bertz CT molecular complexity index is 1200. The summed E-state index contributed by atoms with van der Waals surface area (Å²) < 4.78 is 24.6. The van der Waals surface area contributed by atoms with E-state index >= 15 is 0 Å². The predicted octanol–water partition coefficient (Wildman–Crippen LogP) is 5.42. The van der Waals surface area contributed by atoms with Gasteiger partial charge in [-0.3, -0.25) is 0 Å². The van der Waals surface area contributed by atoms with E-state index in [-0.39, 0.29) is 5.82 Å². The molecule has 2 aromatic carbocycles. The zero-order chi connectivity index (χ0) is 19.5. The Morgan fingerprint density at radius 2 is 2.04 bits per heavy atom. The van der Waals surface area contributed by atoms with Crippen LogP contribution in [0.2, 0.25) is 0 Å². The standard InChI is InChI=1S/C22H16FN3O2/c1-2-27-17-6-3-14(4-7-17)21-10-8-18(28-21)11-15(13-24)22-25-19-9-5-16(23)12-20(19)26-22/h3-12H,2H2,1H3,(H,25,26)/b15-11-. The number of ether oxygens (including phenoxy) is 1. The van der Waals surface area contributed by atoms with E-state index < -0.39 is 0 Å². The second-order valence-electron chi connectivity index (χ2n) is 6.08. The maximum Gasteiger partial charge on any atom is 0.149 e. The van der Waals surface area contributed by atoms with Crippen LogP contribution in [0.3, 0.4) is 0 Å².